The molecule has 90 valence electrons. The van der Waals surface area contributed by atoms with Crippen molar-refractivity contribution in [2.75, 3.05) is 0 Å². The van der Waals surface area contributed by atoms with Gasteiger partial charge in [0.1, 0.15) is 5.15 Å². The lowest BCUT2D eigenvalue weighted by Crippen LogP contribution is -1.94. The first-order chi connectivity index (χ1) is 8.65. The van der Waals surface area contributed by atoms with E-state index >= 15 is 0 Å². The van der Waals surface area contributed by atoms with Gasteiger partial charge in [0.25, 0.3) is 0 Å². The summed E-state index contributed by atoms with van der Waals surface area (Å²) in [4.78, 5) is 4.29. The van der Waals surface area contributed by atoms with Crippen molar-refractivity contribution in [3.63, 3.8) is 0 Å². The van der Waals surface area contributed by atoms with Gasteiger partial charge in [-0.25, -0.2) is 9.50 Å². The van der Waals surface area contributed by atoms with E-state index in [9.17, 15) is 0 Å². The van der Waals surface area contributed by atoms with Crippen molar-refractivity contribution in [1.29, 1.82) is 0 Å². The molecule has 0 saturated carbocycles. The SMILES string of the molecule is Cc1ccc(-c2cnc3ccc(Cl)nn23)cc1Cl. The lowest BCUT2D eigenvalue weighted by molar-refractivity contribution is 0.943. The van der Waals surface area contributed by atoms with Gasteiger partial charge >= 0.3 is 0 Å². The van der Waals surface area contributed by atoms with Gasteiger partial charge in [-0.15, -0.1) is 0 Å². The molecule has 0 radical (unpaired) electrons. The topological polar surface area (TPSA) is 30.2 Å². The van der Waals surface area contributed by atoms with Crippen molar-refractivity contribution in [3.8, 4) is 11.3 Å². The molecule has 3 nitrogen and oxygen atoms in total. The Morgan fingerprint density at radius 3 is 2.72 bits per heavy atom. The first kappa shape index (κ1) is 11.5. The van der Waals surface area contributed by atoms with Crippen LogP contribution in [0, 0.1) is 6.92 Å². The maximum atomic E-state index is 6.14. The molecule has 0 N–H and O–H groups in total. The van der Waals surface area contributed by atoms with Crippen LogP contribution in [-0.4, -0.2) is 14.6 Å². The van der Waals surface area contributed by atoms with Gasteiger partial charge in [-0.2, -0.15) is 5.10 Å². The summed E-state index contributed by atoms with van der Waals surface area (Å²) in [6.45, 7) is 1.97. The number of hydrogen-bond donors (Lipinski definition) is 0. The second-order valence-electron chi connectivity index (χ2n) is 4.03. The van der Waals surface area contributed by atoms with Crippen LogP contribution in [0.3, 0.4) is 0 Å². The first-order valence-corrected chi connectivity index (χ1v) is 6.17. The largest absolute Gasteiger partial charge is 0.235 e. The molecule has 2 heterocycles. The van der Waals surface area contributed by atoms with Crippen LogP contribution < -0.4 is 0 Å². The number of rotatable bonds is 1. The standard InChI is InChI=1S/C13H9Cl2N3/c1-8-2-3-9(6-10(8)14)11-7-16-13-5-4-12(15)17-18(11)13/h2-7H,1H3. The molecule has 0 saturated heterocycles. The van der Waals surface area contributed by atoms with Crippen LogP contribution >= 0.6 is 23.2 Å². The monoisotopic (exact) mass is 277 g/mol. The number of benzene rings is 1. The highest BCUT2D eigenvalue weighted by Crippen LogP contribution is 2.25. The molecule has 1 aromatic carbocycles. The fraction of sp³-hybridized carbons (Fsp3) is 0.0769. The lowest BCUT2D eigenvalue weighted by atomic mass is 10.1. The summed E-state index contributed by atoms with van der Waals surface area (Å²) < 4.78 is 1.71. The third-order valence-corrected chi connectivity index (χ3v) is 3.41. The minimum Gasteiger partial charge on any atom is -0.235 e. The highest BCUT2D eigenvalue weighted by molar-refractivity contribution is 6.31. The number of fused-ring (bicyclic) bond motifs is 1. The van der Waals surface area contributed by atoms with Crippen LogP contribution in [0.1, 0.15) is 5.56 Å². The van der Waals surface area contributed by atoms with Gasteiger partial charge in [0.05, 0.1) is 11.9 Å². The van der Waals surface area contributed by atoms with Crippen LogP contribution in [0.2, 0.25) is 10.2 Å². The third kappa shape index (κ3) is 1.85. The molecule has 3 aromatic rings. The zero-order valence-electron chi connectivity index (χ0n) is 9.56. The Bertz CT molecular complexity index is 734. The molecule has 0 aliphatic carbocycles. The maximum Gasteiger partial charge on any atom is 0.154 e. The Morgan fingerprint density at radius 2 is 1.94 bits per heavy atom. The van der Waals surface area contributed by atoms with Gasteiger partial charge < -0.3 is 0 Å². The third-order valence-electron chi connectivity index (χ3n) is 2.80. The quantitative estimate of drug-likeness (QED) is 0.673. The molecule has 0 amide bonds. The molecule has 0 unspecified atom stereocenters. The smallest absolute Gasteiger partial charge is 0.154 e. The second-order valence-corrected chi connectivity index (χ2v) is 4.83. The average Bonchev–Trinajstić information content (AvgIpc) is 2.75. The molecule has 0 aliphatic heterocycles. The van der Waals surface area contributed by atoms with E-state index < -0.39 is 0 Å². The van der Waals surface area contributed by atoms with Gasteiger partial charge in [0, 0.05) is 10.6 Å². The Kier molecular flexibility index (Phi) is 2.73. The van der Waals surface area contributed by atoms with Crippen LogP contribution in [-0.2, 0) is 0 Å². The van der Waals surface area contributed by atoms with Crippen molar-refractivity contribution in [1.82, 2.24) is 14.6 Å². The second kappa shape index (κ2) is 4.26. The summed E-state index contributed by atoms with van der Waals surface area (Å²) >= 11 is 12.0. The van der Waals surface area contributed by atoms with Gasteiger partial charge in [0.2, 0.25) is 0 Å². The summed E-state index contributed by atoms with van der Waals surface area (Å²) in [5.41, 5.74) is 3.63. The lowest BCUT2D eigenvalue weighted by Gasteiger charge is -2.03. The minimum atomic E-state index is 0.431. The van der Waals surface area contributed by atoms with E-state index in [1.807, 2.05) is 31.2 Å². The Hall–Kier alpha value is -1.58. The van der Waals surface area contributed by atoms with Crippen molar-refractivity contribution >= 4 is 28.8 Å². The maximum absolute atomic E-state index is 6.14. The van der Waals surface area contributed by atoms with Gasteiger partial charge in [-0.05, 0) is 30.7 Å². The van der Waals surface area contributed by atoms with E-state index in [4.69, 9.17) is 23.2 Å². The zero-order chi connectivity index (χ0) is 12.7. The van der Waals surface area contributed by atoms with E-state index in [-0.39, 0.29) is 0 Å². The number of aryl methyl sites for hydroxylation is 1. The van der Waals surface area contributed by atoms with Crippen LogP contribution in [0.15, 0.2) is 36.5 Å². The molecule has 0 bridgehead atoms. The zero-order valence-corrected chi connectivity index (χ0v) is 11.1. The molecular weight excluding hydrogens is 269 g/mol. The first-order valence-electron chi connectivity index (χ1n) is 5.42. The molecule has 5 heteroatoms. The molecule has 18 heavy (non-hydrogen) atoms. The molecule has 0 fully saturated rings. The fourth-order valence-corrected chi connectivity index (χ4v) is 2.12. The number of aromatic nitrogens is 3. The summed E-state index contributed by atoms with van der Waals surface area (Å²) in [6.07, 6.45) is 1.76. The number of nitrogens with zero attached hydrogens (tertiary/aromatic N) is 3. The van der Waals surface area contributed by atoms with E-state index in [1.165, 1.54) is 0 Å². The molecule has 0 aliphatic rings. The van der Waals surface area contributed by atoms with Crippen LogP contribution in [0.5, 0.6) is 0 Å². The fourth-order valence-electron chi connectivity index (χ4n) is 1.80. The van der Waals surface area contributed by atoms with E-state index in [0.29, 0.717) is 5.15 Å². The Morgan fingerprint density at radius 1 is 1.11 bits per heavy atom. The van der Waals surface area contributed by atoms with E-state index in [1.54, 1.807) is 16.8 Å². The van der Waals surface area contributed by atoms with Crippen molar-refractivity contribution in [3.05, 3.63) is 52.3 Å². The Labute approximate surface area is 114 Å². The number of imidazole rings is 1. The Balaban J connectivity index is 2.24. The van der Waals surface area contributed by atoms with Crippen molar-refractivity contribution < 1.29 is 0 Å². The van der Waals surface area contributed by atoms with E-state index in [2.05, 4.69) is 10.1 Å². The average molecular weight is 278 g/mol. The number of hydrogen-bond acceptors (Lipinski definition) is 2. The summed E-state index contributed by atoms with van der Waals surface area (Å²) in [7, 11) is 0. The highest BCUT2D eigenvalue weighted by Gasteiger charge is 2.08. The van der Waals surface area contributed by atoms with Crippen molar-refractivity contribution in [2.24, 2.45) is 0 Å². The normalized spacial score (nSPS) is 11.1. The predicted octanol–water partition coefficient (Wildman–Crippen LogP) is 4.01. The van der Waals surface area contributed by atoms with E-state index in [0.717, 1.165) is 27.5 Å². The molecule has 0 atom stereocenters. The molecule has 0 spiro atoms. The summed E-state index contributed by atoms with van der Waals surface area (Å²) in [5.74, 6) is 0. The van der Waals surface area contributed by atoms with Gasteiger partial charge in [0.15, 0.2) is 5.65 Å². The van der Waals surface area contributed by atoms with Crippen molar-refractivity contribution in [2.45, 2.75) is 6.92 Å². The summed E-state index contributed by atoms with van der Waals surface area (Å²) in [6, 6.07) is 9.42. The summed E-state index contributed by atoms with van der Waals surface area (Å²) in [5, 5.41) is 5.40. The molecule has 3 rings (SSSR count). The molecule has 2 aromatic heterocycles. The minimum absolute atomic E-state index is 0.431. The van der Waals surface area contributed by atoms with Gasteiger partial charge in [-0.3, -0.25) is 0 Å². The predicted molar refractivity (Wildman–Crippen MR) is 73.2 cm³/mol. The number of halogens is 2. The molecular formula is C13H9Cl2N3. The van der Waals surface area contributed by atoms with Crippen LogP contribution in [0.4, 0.5) is 0 Å². The highest BCUT2D eigenvalue weighted by atomic mass is 35.5. The van der Waals surface area contributed by atoms with Crippen LogP contribution in [0.25, 0.3) is 16.9 Å². The van der Waals surface area contributed by atoms with Gasteiger partial charge in [-0.1, -0.05) is 35.3 Å².